The van der Waals surface area contributed by atoms with Crippen LogP contribution in [0.4, 0.5) is 0 Å². The van der Waals surface area contributed by atoms with Crippen molar-refractivity contribution >= 4 is 17.8 Å². The molecule has 0 heterocycles. The van der Waals surface area contributed by atoms with E-state index in [4.69, 9.17) is 14.6 Å². The smallest absolute Gasteiger partial charge is 0.305 e. The number of carbonyl (C=O) groups is 3. The van der Waals surface area contributed by atoms with E-state index in [0.717, 1.165) is 38.5 Å². The van der Waals surface area contributed by atoms with Crippen molar-refractivity contribution in [1.29, 1.82) is 0 Å². The maximum atomic E-state index is 12.8. The first kappa shape index (κ1) is 39.3. The average molecular weight is 585 g/mol. The second-order valence-corrected chi connectivity index (χ2v) is 11.4. The van der Waals surface area contributed by atoms with Crippen LogP contribution in [0.25, 0.3) is 0 Å². The fraction of sp³-hybridized carbons (Fsp3) is 0.909. The Morgan fingerprint density at radius 2 is 0.927 bits per heavy atom. The summed E-state index contributed by atoms with van der Waals surface area (Å²) in [4.78, 5) is 40.4. The summed E-state index contributed by atoms with van der Waals surface area (Å²) in [6, 6.07) is 0. The van der Waals surface area contributed by atoms with E-state index in [1.54, 1.807) is 16.8 Å². The standard InChI is InChI=1S/C33H64N2O6/c1-4-6-8-10-12-14-16-18-20-22-32(38)40-28-25-35(31(37)30-34(3)24-27-36)26-29-41-33(39)23-21-19-17-15-13-11-9-7-5-2/h36H,4-30H2,1-3H3. The van der Waals surface area contributed by atoms with Gasteiger partial charge in [-0.05, 0) is 19.9 Å². The summed E-state index contributed by atoms with van der Waals surface area (Å²) in [6.07, 6.45) is 22.3. The zero-order valence-electron chi connectivity index (χ0n) is 27.0. The highest BCUT2D eigenvalue weighted by Gasteiger charge is 2.17. The summed E-state index contributed by atoms with van der Waals surface area (Å²) in [5, 5.41) is 9.14. The van der Waals surface area contributed by atoms with Gasteiger partial charge in [-0.25, -0.2) is 0 Å². The van der Waals surface area contributed by atoms with Gasteiger partial charge in [-0.3, -0.25) is 19.3 Å². The lowest BCUT2D eigenvalue weighted by molar-refractivity contribution is -0.148. The molecule has 0 radical (unpaired) electrons. The number of aliphatic hydroxyl groups excluding tert-OH is 1. The van der Waals surface area contributed by atoms with Crippen molar-refractivity contribution in [1.82, 2.24) is 9.80 Å². The molecule has 8 nitrogen and oxygen atoms in total. The number of rotatable bonds is 30. The first-order chi connectivity index (χ1) is 19.9. The fourth-order valence-electron chi connectivity index (χ4n) is 4.79. The maximum Gasteiger partial charge on any atom is 0.305 e. The molecule has 0 saturated carbocycles. The number of carbonyl (C=O) groups excluding carboxylic acids is 3. The molecule has 0 spiro atoms. The number of hydrogen-bond acceptors (Lipinski definition) is 7. The molecule has 8 heteroatoms. The molecule has 41 heavy (non-hydrogen) atoms. The van der Waals surface area contributed by atoms with Crippen LogP contribution >= 0.6 is 0 Å². The molecule has 0 atom stereocenters. The lowest BCUT2D eigenvalue weighted by atomic mass is 10.1. The molecule has 0 aliphatic heterocycles. The quantitative estimate of drug-likeness (QED) is 0.0744. The Morgan fingerprint density at radius 1 is 0.561 bits per heavy atom. The van der Waals surface area contributed by atoms with Crippen molar-refractivity contribution in [3.63, 3.8) is 0 Å². The molecule has 0 aliphatic carbocycles. The van der Waals surface area contributed by atoms with E-state index in [1.165, 1.54) is 77.0 Å². The van der Waals surface area contributed by atoms with Crippen LogP contribution in [0, 0.1) is 0 Å². The number of hydrogen-bond donors (Lipinski definition) is 1. The molecule has 242 valence electrons. The number of ether oxygens (including phenoxy) is 2. The van der Waals surface area contributed by atoms with Crippen LogP contribution in [0.1, 0.15) is 142 Å². The Morgan fingerprint density at radius 3 is 1.29 bits per heavy atom. The Balaban J connectivity index is 4.21. The molecular weight excluding hydrogens is 520 g/mol. The van der Waals surface area contributed by atoms with Crippen LogP contribution in [0.2, 0.25) is 0 Å². The Bertz CT molecular complexity index is 591. The van der Waals surface area contributed by atoms with E-state index >= 15 is 0 Å². The van der Waals surface area contributed by atoms with Gasteiger partial charge in [-0.2, -0.15) is 0 Å². The fourth-order valence-corrected chi connectivity index (χ4v) is 4.79. The minimum absolute atomic E-state index is 0.0310. The van der Waals surface area contributed by atoms with E-state index in [1.807, 2.05) is 0 Å². The highest BCUT2D eigenvalue weighted by molar-refractivity contribution is 5.78. The van der Waals surface area contributed by atoms with Gasteiger partial charge < -0.3 is 19.5 Å². The van der Waals surface area contributed by atoms with E-state index in [9.17, 15) is 14.4 Å². The predicted octanol–water partition coefficient (Wildman–Crippen LogP) is 6.67. The first-order valence-electron chi connectivity index (χ1n) is 16.8. The number of unbranched alkanes of at least 4 members (excludes halogenated alkanes) is 16. The largest absolute Gasteiger partial charge is 0.464 e. The van der Waals surface area contributed by atoms with Gasteiger partial charge in [0.05, 0.1) is 26.2 Å². The Labute approximate surface area is 251 Å². The van der Waals surface area contributed by atoms with Crippen LogP contribution in [0.5, 0.6) is 0 Å². The molecule has 0 unspecified atom stereocenters. The SMILES string of the molecule is CCCCCCCCCCCC(=O)OCCN(CCOC(=O)CCCCCCCCCCC)C(=O)CN(C)CCO. The molecule has 1 N–H and O–H groups in total. The molecule has 0 aromatic rings. The monoisotopic (exact) mass is 584 g/mol. The van der Waals surface area contributed by atoms with Gasteiger partial charge >= 0.3 is 11.9 Å². The summed E-state index contributed by atoms with van der Waals surface area (Å²) in [5.74, 6) is -0.610. The van der Waals surface area contributed by atoms with Gasteiger partial charge in [0.15, 0.2) is 0 Å². The summed E-state index contributed by atoms with van der Waals surface area (Å²) >= 11 is 0. The molecular formula is C33H64N2O6. The van der Waals surface area contributed by atoms with Crippen molar-refractivity contribution in [3.8, 4) is 0 Å². The van der Waals surface area contributed by atoms with Crippen molar-refractivity contribution in [3.05, 3.63) is 0 Å². The van der Waals surface area contributed by atoms with Gasteiger partial charge in [0, 0.05) is 19.4 Å². The summed E-state index contributed by atoms with van der Waals surface area (Å²) in [5.41, 5.74) is 0. The molecule has 0 rings (SSSR count). The normalized spacial score (nSPS) is 11.1. The molecule has 0 aliphatic rings. The minimum Gasteiger partial charge on any atom is -0.464 e. The summed E-state index contributed by atoms with van der Waals surface area (Å²) < 4.78 is 10.8. The van der Waals surface area contributed by atoms with Crippen molar-refractivity contribution in [2.45, 2.75) is 142 Å². The van der Waals surface area contributed by atoms with Crippen molar-refractivity contribution in [2.24, 2.45) is 0 Å². The second-order valence-electron chi connectivity index (χ2n) is 11.4. The molecule has 0 aromatic heterocycles. The van der Waals surface area contributed by atoms with Crippen LogP contribution < -0.4 is 0 Å². The van der Waals surface area contributed by atoms with Gasteiger partial charge in [-0.1, -0.05) is 117 Å². The minimum atomic E-state index is -0.231. The first-order valence-corrected chi connectivity index (χ1v) is 16.8. The van der Waals surface area contributed by atoms with Crippen LogP contribution in [0.15, 0.2) is 0 Å². The summed E-state index contributed by atoms with van der Waals surface area (Å²) in [6.45, 7) is 5.70. The zero-order valence-corrected chi connectivity index (χ0v) is 27.0. The van der Waals surface area contributed by atoms with Gasteiger partial charge in [-0.15, -0.1) is 0 Å². The summed E-state index contributed by atoms with van der Waals surface area (Å²) in [7, 11) is 1.77. The second kappa shape index (κ2) is 29.8. The third-order valence-electron chi connectivity index (χ3n) is 7.46. The van der Waals surface area contributed by atoms with Crippen molar-refractivity contribution in [2.75, 3.05) is 53.0 Å². The lowest BCUT2D eigenvalue weighted by Crippen LogP contribution is -2.43. The topological polar surface area (TPSA) is 96.4 Å². The highest BCUT2D eigenvalue weighted by atomic mass is 16.5. The third kappa shape index (κ3) is 26.9. The zero-order chi connectivity index (χ0) is 30.4. The molecule has 0 saturated heterocycles. The van der Waals surface area contributed by atoms with E-state index in [0.29, 0.717) is 19.4 Å². The lowest BCUT2D eigenvalue weighted by Gasteiger charge is -2.25. The Hall–Kier alpha value is -1.67. The van der Waals surface area contributed by atoms with E-state index in [2.05, 4.69) is 13.8 Å². The molecule has 1 amide bonds. The van der Waals surface area contributed by atoms with Gasteiger partial charge in [0.1, 0.15) is 13.2 Å². The number of amides is 1. The van der Waals surface area contributed by atoms with E-state index < -0.39 is 0 Å². The maximum absolute atomic E-state index is 12.8. The number of esters is 2. The Kier molecular flexibility index (Phi) is 28.6. The number of nitrogens with zero attached hydrogens (tertiary/aromatic N) is 2. The van der Waals surface area contributed by atoms with Gasteiger partial charge in [0.2, 0.25) is 5.91 Å². The van der Waals surface area contributed by atoms with Gasteiger partial charge in [0.25, 0.3) is 0 Å². The number of likely N-dealkylation sites (N-methyl/N-ethyl adjacent to an activating group) is 1. The third-order valence-corrected chi connectivity index (χ3v) is 7.46. The average Bonchev–Trinajstić information content (AvgIpc) is 2.94. The predicted molar refractivity (Wildman–Crippen MR) is 167 cm³/mol. The molecule has 0 fully saturated rings. The highest BCUT2D eigenvalue weighted by Crippen LogP contribution is 2.12. The van der Waals surface area contributed by atoms with Crippen LogP contribution in [-0.4, -0.2) is 85.8 Å². The number of aliphatic hydroxyl groups is 1. The van der Waals surface area contributed by atoms with E-state index in [-0.39, 0.29) is 57.3 Å². The van der Waals surface area contributed by atoms with Crippen LogP contribution in [-0.2, 0) is 23.9 Å². The van der Waals surface area contributed by atoms with Crippen molar-refractivity contribution < 1.29 is 29.0 Å². The van der Waals surface area contributed by atoms with Crippen LogP contribution in [0.3, 0.4) is 0 Å². The molecule has 0 bridgehead atoms. The molecule has 0 aromatic carbocycles.